The van der Waals surface area contributed by atoms with E-state index in [4.69, 9.17) is 5.73 Å². The first-order valence-corrected chi connectivity index (χ1v) is 7.75. The van der Waals surface area contributed by atoms with Crippen molar-refractivity contribution in [3.8, 4) is 0 Å². The van der Waals surface area contributed by atoms with Crippen LogP contribution in [0.15, 0.2) is 18.2 Å². The van der Waals surface area contributed by atoms with E-state index in [-0.39, 0.29) is 5.82 Å². The number of nitrogens with zero attached hydrogens (tertiary/aromatic N) is 2. The minimum atomic E-state index is -0.0950. The maximum absolute atomic E-state index is 14.3. The summed E-state index contributed by atoms with van der Waals surface area (Å²) in [4.78, 5) is 4.80. The molecule has 1 unspecified atom stereocenters. The third-order valence-corrected chi connectivity index (χ3v) is 4.59. The third kappa shape index (κ3) is 2.81. The summed E-state index contributed by atoms with van der Waals surface area (Å²) in [5, 5.41) is 0. The topological polar surface area (TPSA) is 32.5 Å². The number of nitrogens with two attached hydrogens (primary N) is 1. The number of halogens is 1. The highest BCUT2D eigenvalue weighted by molar-refractivity contribution is 5.49. The summed E-state index contributed by atoms with van der Waals surface area (Å²) >= 11 is 0. The summed E-state index contributed by atoms with van der Waals surface area (Å²) in [7, 11) is 0. The van der Waals surface area contributed by atoms with E-state index < -0.39 is 0 Å². The lowest BCUT2D eigenvalue weighted by Crippen LogP contribution is -2.36. The van der Waals surface area contributed by atoms with Gasteiger partial charge in [-0.05, 0) is 56.5 Å². The van der Waals surface area contributed by atoms with Gasteiger partial charge in [-0.2, -0.15) is 0 Å². The van der Waals surface area contributed by atoms with E-state index in [2.05, 4.69) is 9.80 Å². The van der Waals surface area contributed by atoms with Gasteiger partial charge in [0.05, 0.1) is 5.69 Å². The lowest BCUT2D eigenvalue weighted by atomic mass is 10.1. The number of hydrogen-bond donors (Lipinski definition) is 1. The van der Waals surface area contributed by atoms with E-state index in [1.165, 1.54) is 19.4 Å². The second-order valence-corrected chi connectivity index (χ2v) is 5.96. The zero-order valence-corrected chi connectivity index (χ0v) is 12.0. The predicted molar refractivity (Wildman–Crippen MR) is 80.6 cm³/mol. The molecule has 2 aliphatic heterocycles. The van der Waals surface area contributed by atoms with Crippen LogP contribution in [0.2, 0.25) is 0 Å². The van der Waals surface area contributed by atoms with Crippen molar-refractivity contribution in [2.24, 2.45) is 5.73 Å². The van der Waals surface area contributed by atoms with Gasteiger partial charge in [0.2, 0.25) is 0 Å². The van der Waals surface area contributed by atoms with Gasteiger partial charge in [-0.15, -0.1) is 0 Å². The Morgan fingerprint density at radius 2 is 2.05 bits per heavy atom. The smallest absolute Gasteiger partial charge is 0.146 e. The molecule has 0 bridgehead atoms. The predicted octanol–water partition coefficient (Wildman–Crippen LogP) is 2.00. The van der Waals surface area contributed by atoms with Crippen molar-refractivity contribution in [1.29, 1.82) is 0 Å². The molecule has 1 atom stereocenters. The molecule has 0 radical (unpaired) electrons. The van der Waals surface area contributed by atoms with Crippen LogP contribution in [-0.4, -0.2) is 43.7 Å². The molecule has 3 rings (SSSR count). The lowest BCUT2D eigenvalue weighted by Gasteiger charge is -2.27. The number of anilines is 1. The summed E-state index contributed by atoms with van der Waals surface area (Å²) < 4.78 is 14.3. The molecule has 110 valence electrons. The van der Waals surface area contributed by atoms with Gasteiger partial charge in [0, 0.05) is 25.7 Å². The average Bonchev–Trinajstić information content (AvgIpc) is 2.77. The van der Waals surface area contributed by atoms with Crippen molar-refractivity contribution in [3.05, 3.63) is 29.6 Å². The van der Waals surface area contributed by atoms with Crippen molar-refractivity contribution in [2.45, 2.75) is 31.7 Å². The number of benzene rings is 1. The molecule has 2 aliphatic rings. The second-order valence-electron chi connectivity index (χ2n) is 5.96. The Bertz CT molecular complexity index is 463. The molecule has 0 aromatic heterocycles. The van der Waals surface area contributed by atoms with E-state index >= 15 is 0 Å². The minimum Gasteiger partial charge on any atom is -0.368 e. The molecule has 20 heavy (non-hydrogen) atoms. The molecule has 1 aromatic rings. The SMILES string of the molecule is NCCc1ccc(N2CCCN3CCCC3C2)c(F)c1. The van der Waals surface area contributed by atoms with Crippen LogP contribution in [0.3, 0.4) is 0 Å². The summed E-state index contributed by atoms with van der Waals surface area (Å²) in [5.41, 5.74) is 7.29. The first kappa shape index (κ1) is 13.8. The Balaban J connectivity index is 1.77. The zero-order valence-electron chi connectivity index (χ0n) is 12.0. The third-order valence-electron chi connectivity index (χ3n) is 4.59. The van der Waals surface area contributed by atoms with Gasteiger partial charge in [-0.3, -0.25) is 4.90 Å². The molecule has 1 aromatic carbocycles. The van der Waals surface area contributed by atoms with Gasteiger partial charge in [0.25, 0.3) is 0 Å². The lowest BCUT2D eigenvalue weighted by molar-refractivity contribution is 0.273. The highest BCUT2D eigenvalue weighted by Gasteiger charge is 2.29. The van der Waals surface area contributed by atoms with Crippen LogP contribution in [0.5, 0.6) is 0 Å². The van der Waals surface area contributed by atoms with Crippen LogP contribution >= 0.6 is 0 Å². The Kier molecular flexibility index (Phi) is 4.22. The van der Waals surface area contributed by atoms with Crippen LogP contribution in [0.25, 0.3) is 0 Å². The fourth-order valence-electron chi connectivity index (χ4n) is 3.55. The molecule has 2 heterocycles. The summed E-state index contributed by atoms with van der Waals surface area (Å²) in [6.07, 6.45) is 4.41. The van der Waals surface area contributed by atoms with Crippen LogP contribution in [0.4, 0.5) is 10.1 Å². The Hall–Kier alpha value is -1.13. The summed E-state index contributed by atoms with van der Waals surface area (Å²) in [5.74, 6) is -0.0950. The maximum Gasteiger partial charge on any atom is 0.146 e. The standard InChI is InChI=1S/C16H24FN3/c17-15-11-13(6-7-18)4-5-16(15)20-10-2-9-19-8-1-3-14(19)12-20/h4-5,11,14H,1-3,6-10,12,18H2. The van der Waals surface area contributed by atoms with Gasteiger partial charge in [0.1, 0.15) is 5.82 Å². The van der Waals surface area contributed by atoms with Crippen LogP contribution in [0, 0.1) is 5.82 Å². The van der Waals surface area contributed by atoms with E-state index in [1.807, 2.05) is 12.1 Å². The van der Waals surface area contributed by atoms with E-state index in [0.717, 1.165) is 43.7 Å². The highest BCUT2D eigenvalue weighted by atomic mass is 19.1. The monoisotopic (exact) mass is 277 g/mol. The van der Waals surface area contributed by atoms with Crippen LogP contribution in [0.1, 0.15) is 24.8 Å². The first-order chi connectivity index (χ1) is 9.78. The van der Waals surface area contributed by atoms with Crippen molar-refractivity contribution >= 4 is 5.69 Å². The summed E-state index contributed by atoms with van der Waals surface area (Å²) in [6.45, 7) is 4.87. The Morgan fingerprint density at radius 3 is 2.85 bits per heavy atom. The van der Waals surface area contributed by atoms with Gasteiger partial charge in [0.15, 0.2) is 0 Å². The number of fused-ring (bicyclic) bond motifs is 1. The molecule has 0 aliphatic carbocycles. The fourth-order valence-corrected chi connectivity index (χ4v) is 3.55. The number of hydrogen-bond acceptors (Lipinski definition) is 3. The molecule has 0 saturated carbocycles. The van der Waals surface area contributed by atoms with Crippen LogP contribution < -0.4 is 10.6 Å². The Labute approximate surface area is 120 Å². The average molecular weight is 277 g/mol. The normalized spacial score (nSPS) is 23.7. The zero-order chi connectivity index (χ0) is 13.9. The molecule has 2 saturated heterocycles. The molecule has 0 amide bonds. The van der Waals surface area contributed by atoms with Gasteiger partial charge in [-0.1, -0.05) is 6.07 Å². The maximum atomic E-state index is 14.3. The molecule has 2 fully saturated rings. The van der Waals surface area contributed by atoms with E-state index in [9.17, 15) is 4.39 Å². The van der Waals surface area contributed by atoms with Gasteiger partial charge in [-0.25, -0.2) is 4.39 Å². The largest absolute Gasteiger partial charge is 0.368 e. The van der Waals surface area contributed by atoms with Gasteiger partial charge >= 0.3 is 0 Å². The van der Waals surface area contributed by atoms with Gasteiger partial charge < -0.3 is 10.6 Å². The van der Waals surface area contributed by atoms with E-state index in [1.54, 1.807) is 6.07 Å². The molecule has 3 nitrogen and oxygen atoms in total. The second kappa shape index (κ2) is 6.10. The number of rotatable bonds is 3. The Morgan fingerprint density at radius 1 is 1.20 bits per heavy atom. The molecular formula is C16H24FN3. The van der Waals surface area contributed by atoms with E-state index in [0.29, 0.717) is 12.6 Å². The first-order valence-electron chi connectivity index (χ1n) is 7.75. The summed E-state index contributed by atoms with van der Waals surface area (Å²) in [6, 6.07) is 6.22. The minimum absolute atomic E-state index is 0.0950. The fraction of sp³-hybridized carbons (Fsp3) is 0.625. The van der Waals surface area contributed by atoms with Crippen molar-refractivity contribution < 1.29 is 4.39 Å². The molecule has 4 heteroatoms. The highest BCUT2D eigenvalue weighted by Crippen LogP contribution is 2.27. The van der Waals surface area contributed by atoms with Crippen molar-refractivity contribution in [3.63, 3.8) is 0 Å². The van der Waals surface area contributed by atoms with Crippen molar-refractivity contribution in [2.75, 3.05) is 37.6 Å². The quantitative estimate of drug-likeness (QED) is 0.917. The van der Waals surface area contributed by atoms with Crippen molar-refractivity contribution in [1.82, 2.24) is 4.90 Å². The molecule has 2 N–H and O–H groups in total. The van der Waals surface area contributed by atoms with Crippen LogP contribution in [-0.2, 0) is 6.42 Å². The molecule has 0 spiro atoms. The molecular weight excluding hydrogens is 253 g/mol.